The summed E-state index contributed by atoms with van der Waals surface area (Å²) in [5, 5.41) is 3.05. The molecule has 0 unspecified atom stereocenters. The number of aromatic amines is 1. The molecule has 0 bridgehead atoms. The van der Waals surface area contributed by atoms with Gasteiger partial charge >= 0.3 is 0 Å². The van der Waals surface area contributed by atoms with Gasteiger partial charge in [-0.2, -0.15) is 0 Å². The van der Waals surface area contributed by atoms with Crippen molar-refractivity contribution in [2.24, 2.45) is 0 Å². The molecule has 0 fully saturated rings. The molecule has 2 N–H and O–H groups in total. The minimum atomic E-state index is -0.228. The van der Waals surface area contributed by atoms with Gasteiger partial charge in [0.15, 0.2) is 0 Å². The number of aryl methyl sites for hydroxylation is 1. The van der Waals surface area contributed by atoms with Crippen LogP contribution in [0.3, 0.4) is 0 Å². The summed E-state index contributed by atoms with van der Waals surface area (Å²) in [5.41, 5.74) is 3.09. The number of carbonyl (C=O) groups excluding carboxylic acids is 1. The molecule has 1 amide bonds. The number of para-hydroxylation sites is 2. The van der Waals surface area contributed by atoms with Crippen LogP contribution in [0.15, 0.2) is 36.4 Å². The van der Waals surface area contributed by atoms with Crippen LogP contribution in [0.1, 0.15) is 21.9 Å². The fourth-order valence-electron chi connectivity index (χ4n) is 2.21. The van der Waals surface area contributed by atoms with Gasteiger partial charge < -0.3 is 10.3 Å². The molecular weight excluding hydrogens is 300 g/mol. The van der Waals surface area contributed by atoms with Crippen molar-refractivity contribution in [2.75, 3.05) is 6.54 Å². The number of carbonyl (C=O) groups is 1. The molecule has 2 aromatic heterocycles. The average Bonchev–Trinajstić information content (AvgIpc) is 2.89. The number of fused-ring (bicyclic) bond motifs is 1. The highest BCUT2D eigenvalue weighted by atomic mass is 35.5. The number of imidazole rings is 1. The van der Waals surface area contributed by atoms with Crippen molar-refractivity contribution in [2.45, 2.75) is 13.3 Å². The molecule has 0 aliphatic rings. The zero-order valence-electron chi connectivity index (χ0n) is 12.1. The lowest BCUT2D eigenvalue weighted by molar-refractivity contribution is 0.0954. The summed E-state index contributed by atoms with van der Waals surface area (Å²) < 4.78 is 0. The molecule has 3 rings (SSSR count). The second-order valence-electron chi connectivity index (χ2n) is 5.00. The van der Waals surface area contributed by atoms with Crippen LogP contribution < -0.4 is 5.32 Å². The molecule has 0 atom stereocenters. The van der Waals surface area contributed by atoms with Crippen LogP contribution in [0.25, 0.3) is 11.0 Å². The summed E-state index contributed by atoms with van der Waals surface area (Å²) in [6.07, 6.45) is 0.622. The molecule has 0 saturated heterocycles. The van der Waals surface area contributed by atoms with Crippen LogP contribution in [0.2, 0.25) is 5.15 Å². The first kappa shape index (κ1) is 14.5. The van der Waals surface area contributed by atoms with Gasteiger partial charge in [-0.25, -0.2) is 9.97 Å². The molecule has 22 heavy (non-hydrogen) atoms. The zero-order chi connectivity index (χ0) is 15.5. The Morgan fingerprint density at radius 2 is 2.05 bits per heavy atom. The average molecular weight is 315 g/mol. The Balaban J connectivity index is 1.61. The molecule has 2 heterocycles. The van der Waals surface area contributed by atoms with E-state index in [0.29, 0.717) is 18.5 Å². The molecule has 0 aliphatic heterocycles. The molecule has 0 spiro atoms. The van der Waals surface area contributed by atoms with Gasteiger partial charge in [0.2, 0.25) is 0 Å². The number of benzene rings is 1. The quantitative estimate of drug-likeness (QED) is 0.727. The predicted octanol–water partition coefficient (Wildman–Crippen LogP) is 2.89. The van der Waals surface area contributed by atoms with Crippen molar-refractivity contribution in [1.82, 2.24) is 20.3 Å². The number of aromatic nitrogens is 3. The van der Waals surface area contributed by atoms with Crippen LogP contribution in [0, 0.1) is 6.92 Å². The van der Waals surface area contributed by atoms with E-state index < -0.39 is 0 Å². The minimum Gasteiger partial charge on any atom is -0.351 e. The van der Waals surface area contributed by atoms with Gasteiger partial charge in [0.05, 0.1) is 16.6 Å². The maximum atomic E-state index is 12.1. The minimum absolute atomic E-state index is 0.223. The molecule has 0 saturated carbocycles. The number of nitrogens with one attached hydrogen (secondary N) is 2. The number of pyridine rings is 1. The third-order valence-electron chi connectivity index (χ3n) is 3.32. The Morgan fingerprint density at radius 1 is 1.23 bits per heavy atom. The van der Waals surface area contributed by atoms with Gasteiger partial charge in [-0.15, -0.1) is 0 Å². The normalized spacial score (nSPS) is 10.8. The van der Waals surface area contributed by atoms with E-state index in [4.69, 9.17) is 11.6 Å². The summed E-state index contributed by atoms with van der Waals surface area (Å²) in [7, 11) is 0. The lowest BCUT2D eigenvalue weighted by Crippen LogP contribution is -2.26. The zero-order valence-corrected chi connectivity index (χ0v) is 12.8. The van der Waals surface area contributed by atoms with Gasteiger partial charge in [-0.1, -0.05) is 23.7 Å². The van der Waals surface area contributed by atoms with Crippen LogP contribution in [-0.2, 0) is 6.42 Å². The van der Waals surface area contributed by atoms with Crippen molar-refractivity contribution in [3.63, 3.8) is 0 Å². The largest absolute Gasteiger partial charge is 0.351 e. The van der Waals surface area contributed by atoms with E-state index in [0.717, 1.165) is 22.6 Å². The van der Waals surface area contributed by atoms with E-state index >= 15 is 0 Å². The Morgan fingerprint density at radius 3 is 2.82 bits per heavy atom. The van der Waals surface area contributed by atoms with Gasteiger partial charge in [-0.3, -0.25) is 4.79 Å². The number of halogens is 1. The third-order valence-corrected chi connectivity index (χ3v) is 3.61. The lowest BCUT2D eigenvalue weighted by atomic mass is 10.2. The lowest BCUT2D eigenvalue weighted by Gasteiger charge is -2.05. The van der Waals surface area contributed by atoms with Crippen molar-refractivity contribution in [3.8, 4) is 0 Å². The number of hydrogen-bond acceptors (Lipinski definition) is 3. The maximum absolute atomic E-state index is 12.1. The van der Waals surface area contributed by atoms with Crippen LogP contribution in [-0.4, -0.2) is 27.4 Å². The first-order chi connectivity index (χ1) is 10.6. The van der Waals surface area contributed by atoms with Crippen LogP contribution in [0.4, 0.5) is 0 Å². The van der Waals surface area contributed by atoms with E-state index in [2.05, 4.69) is 20.3 Å². The summed E-state index contributed by atoms with van der Waals surface area (Å²) in [4.78, 5) is 23.8. The first-order valence-electron chi connectivity index (χ1n) is 6.98. The molecule has 6 heteroatoms. The monoisotopic (exact) mass is 314 g/mol. The second-order valence-corrected chi connectivity index (χ2v) is 5.36. The molecule has 1 aromatic carbocycles. The van der Waals surface area contributed by atoms with Crippen LogP contribution in [0.5, 0.6) is 0 Å². The number of hydrogen-bond donors (Lipinski definition) is 2. The predicted molar refractivity (Wildman–Crippen MR) is 86.1 cm³/mol. The van der Waals surface area contributed by atoms with E-state index in [1.807, 2.05) is 31.2 Å². The SMILES string of the molecule is Cc1ccc(C(=O)NCCc2nc3ccccc3[nH]2)c(Cl)n1. The second kappa shape index (κ2) is 6.15. The molecular formula is C16H15ClN4O. The highest BCUT2D eigenvalue weighted by molar-refractivity contribution is 6.32. The van der Waals surface area contributed by atoms with Crippen LogP contribution >= 0.6 is 11.6 Å². The smallest absolute Gasteiger partial charge is 0.254 e. The number of amides is 1. The third kappa shape index (κ3) is 3.09. The molecule has 5 nitrogen and oxygen atoms in total. The van der Waals surface area contributed by atoms with Gasteiger partial charge in [0.1, 0.15) is 11.0 Å². The maximum Gasteiger partial charge on any atom is 0.254 e. The van der Waals surface area contributed by atoms with E-state index in [1.54, 1.807) is 12.1 Å². The Hall–Kier alpha value is -2.40. The summed E-state index contributed by atoms with van der Waals surface area (Å²) in [5.74, 6) is 0.614. The fourth-order valence-corrected chi connectivity index (χ4v) is 2.49. The van der Waals surface area contributed by atoms with Gasteiger partial charge in [-0.05, 0) is 31.2 Å². The van der Waals surface area contributed by atoms with Crippen molar-refractivity contribution in [1.29, 1.82) is 0 Å². The van der Waals surface area contributed by atoms with Crippen molar-refractivity contribution < 1.29 is 4.79 Å². The number of nitrogens with zero attached hydrogens (tertiary/aromatic N) is 2. The Kier molecular flexibility index (Phi) is 4.06. The molecule has 0 radical (unpaired) electrons. The molecule has 0 aliphatic carbocycles. The van der Waals surface area contributed by atoms with E-state index in [9.17, 15) is 4.79 Å². The summed E-state index contributed by atoms with van der Waals surface area (Å²) >= 11 is 5.98. The number of H-pyrrole nitrogens is 1. The first-order valence-corrected chi connectivity index (χ1v) is 7.36. The Bertz CT molecular complexity index is 795. The van der Waals surface area contributed by atoms with Crippen molar-refractivity contribution >= 4 is 28.5 Å². The molecule has 112 valence electrons. The number of rotatable bonds is 4. The fraction of sp³-hybridized carbons (Fsp3) is 0.188. The van der Waals surface area contributed by atoms with Gasteiger partial charge in [0, 0.05) is 18.7 Å². The topological polar surface area (TPSA) is 70.7 Å². The van der Waals surface area contributed by atoms with E-state index in [1.165, 1.54) is 0 Å². The van der Waals surface area contributed by atoms with Gasteiger partial charge in [0.25, 0.3) is 5.91 Å². The summed E-state index contributed by atoms with van der Waals surface area (Å²) in [6, 6.07) is 11.3. The summed E-state index contributed by atoms with van der Waals surface area (Å²) in [6.45, 7) is 2.30. The molecule has 3 aromatic rings. The van der Waals surface area contributed by atoms with E-state index in [-0.39, 0.29) is 11.1 Å². The standard InChI is InChI=1S/C16H15ClN4O/c1-10-6-7-11(15(17)19-10)16(22)18-9-8-14-20-12-4-2-3-5-13(12)21-14/h2-7H,8-9H2,1H3,(H,18,22)(H,20,21). The Labute approximate surface area is 132 Å². The highest BCUT2D eigenvalue weighted by Crippen LogP contribution is 2.13. The highest BCUT2D eigenvalue weighted by Gasteiger charge is 2.11. The van der Waals surface area contributed by atoms with Crippen molar-refractivity contribution in [3.05, 3.63) is 58.6 Å².